The van der Waals surface area contributed by atoms with Crippen LogP contribution in [0.1, 0.15) is 22.9 Å². The molecule has 0 amide bonds. The van der Waals surface area contributed by atoms with Gasteiger partial charge >= 0.3 is 0 Å². The highest BCUT2D eigenvalue weighted by Gasteiger charge is 2.15. The molecular formula is C16H18N4S. The maximum atomic E-state index is 4.76. The molecule has 0 saturated heterocycles. The molecule has 0 aliphatic heterocycles. The fourth-order valence-corrected chi connectivity index (χ4v) is 3.39. The second-order valence-corrected chi connectivity index (χ2v) is 6.28. The van der Waals surface area contributed by atoms with E-state index in [1.54, 1.807) is 17.5 Å². The van der Waals surface area contributed by atoms with E-state index in [0.717, 1.165) is 39.5 Å². The largest absolute Gasteiger partial charge is 0.370 e. The molecule has 5 heteroatoms. The number of hydrogen-bond acceptors (Lipinski definition) is 5. The SMILES string of the molecule is CCNc1nc(-c2cnccc2C)nc2sc(C)c(C)c12. The van der Waals surface area contributed by atoms with Gasteiger partial charge in [-0.2, -0.15) is 0 Å². The molecule has 1 N–H and O–H groups in total. The molecular weight excluding hydrogens is 280 g/mol. The van der Waals surface area contributed by atoms with E-state index in [-0.39, 0.29) is 0 Å². The number of rotatable bonds is 3. The zero-order valence-corrected chi connectivity index (χ0v) is 13.5. The highest BCUT2D eigenvalue weighted by atomic mass is 32.1. The van der Waals surface area contributed by atoms with Crippen molar-refractivity contribution in [3.8, 4) is 11.4 Å². The molecule has 3 aromatic heterocycles. The minimum Gasteiger partial charge on any atom is -0.370 e. The van der Waals surface area contributed by atoms with Gasteiger partial charge in [0.2, 0.25) is 0 Å². The molecule has 0 aliphatic rings. The Labute approximate surface area is 128 Å². The van der Waals surface area contributed by atoms with Crippen molar-refractivity contribution in [1.29, 1.82) is 0 Å². The first-order chi connectivity index (χ1) is 10.1. The van der Waals surface area contributed by atoms with Crippen molar-refractivity contribution >= 4 is 27.4 Å². The molecule has 0 bridgehead atoms. The fourth-order valence-electron chi connectivity index (χ4n) is 2.36. The lowest BCUT2D eigenvalue weighted by Crippen LogP contribution is -2.03. The zero-order valence-electron chi connectivity index (χ0n) is 12.7. The zero-order chi connectivity index (χ0) is 15.0. The first-order valence-electron chi connectivity index (χ1n) is 7.04. The van der Waals surface area contributed by atoms with Crippen LogP contribution in [0.3, 0.4) is 0 Å². The third-order valence-corrected chi connectivity index (χ3v) is 4.75. The Balaban J connectivity index is 2.29. The van der Waals surface area contributed by atoms with Crippen LogP contribution in [0, 0.1) is 20.8 Å². The van der Waals surface area contributed by atoms with Gasteiger partial charge in [-0.25, -0.2) is 9.97 Å². The van der Waals surface area contributed by atoms with Crippen molar-refractivity contribution in [2.24, 2.45) is 0 Å². The summed E-state index contributed by atoms with van der Waals surface area (Å²) in [6.45, 7) is 9.24. The van der Waals surface area contributed by atoms with Crippen LogP contribution in [0.25, 0.3) is 21.6 Å². The van der Waals surface area contributed by atoms with Gasteiger partial charge in [-0.15, -0.1) is 11.3 Å². The maximum absolute atomic E-state index is 4.76. The lowest BCUT2D eigenvalue weighted by atomic mass is 10.1. The average Bonchev–Trinajstić information content (AvgIpc) is 2.75. The van der Waals surface area contributed by atoms with Crippen molar-refractivity contribution in [2.45, 2.75) is 27.7 Å². The van der Waals surface area contributed by atoms with E-state index < -0.39 is 0 Å². The van der Waals surface area contributed by atoms with Gasteiger partial charge < -0.3 is 5.32 Å². The minimum absolute atomic E-state index is 0.741. The summed E-state index contributed by atoms with van der Waals surface area (Å²) >= 11 is 1.72. The Morgan fingerprint density at radius 2 is 2.00 bits per heavy atom. The number of thiophene rings is 1. The number of aromatic nitrogens is 3. The van der Waals surface area contributed by atoms with E-state index in [4.69, 9.17) is 9.97 Å². The van der Waals surface area contributed by atoms with E-state index in [1.807, 2.05) is 12.3 Å². The van der Waals surface area contributed by atoms with Crippen molar-refractivity contribution in [3.63, 3.8) is 0 Å². The molecule has 3 rings (SSSR count). The maximum Gasteiger partial charge on any atom is 0.164 e. The quantitative estimate of drug-likeness (QED) is 0.790. The second-order valence-electron chi connectivity index (χ2n) is 5.08. The number of nitrogens with one attached hydrogen (secondary N) is 1. The van der Waals surface area contributed by atoms with Crippen LogP contribution in [0.5, 0.6) is 0 Å². The molecule has 0 atom stereocenters. The predicted octanol–water partition coefficient (Wildman–Crippen LogP) is 4.11. The van der Waals surface area contributed by atoms with E-state index in [2.05, 4.69) is 38.0 Å². The number of aryl methyl sites for hydroxylation is 3. The van der Waals surface area contributed by atoms with E-state index in [0.29, 0.717) is 0 Å². The van der Waals surface area contributed by atoms with Crippen LogP contribution in [0.15, 0.2) is 18.5 Å². The first kappa shape index (κ1) is 13.9. The standard InChI is InChI=1S/C16H18N4S/c1-5-18-15-13-10(3)11(4)21-16(13)20-14(19-15)12-8-17-7-6-9(12)2/h6-8H,5H2,1-4H3,(H,18,19,20). The number of fused-ring (bicyclic) bond motifs is 1. The molecule has 108 valence electrons. The predicted molar refractivity (Wildman–Crippen MR) is 89.0 cm³/mol. The van der Waals surface area contributed by atoms with Crippen LogP contribution >= 0.6 is 11.3 Å². The van der Waals surface area contributed by atoms with Gasteiger partial charge in [-0.3, -0.25) is 4.98 Å². The molecule has 0 aliphatic carbocycles. The van der Waals surface area contributed by atoms with E-state index >= 15 is 0 Å². The van der Waals surface area contributed by atoms with E-state index in [9.17, 15) is 0 Å². The van der Waals surface area contributed by atoms with Gasteiger partial charge in [0.25, 0.3) is 0 Å². The number of anilines is 1. The number of hydrogen-bond donors (Lipinski definition) is 1. The molecule has 21 heavy (non-hydrogen) atoms. The Morgan fingerprint density at radius 3 is 2.71 bits per heavy atom. The van der Waals surface area contributed by atoms with Crippen LogP contribution < -0.4 is 5.32 Å². The van der Waals surface area contributed by atoms with Gasteiger partial charge in [-0.1, -0.05) is 0 Å². The molecule has 0 radical (unpaired) electrons. The molecule has 3 heterocycles. The van der Waals surface area contributed by atoms with E-state index in [1.165, 1.54) is 10.4 Å². The smallest absolute Gasteiger partial charge is 0.164 e. The Bertz CT molecular complexity index is 807. The monoisotopic (exact) mass is 298 g/mol. The Morgan fingerprint density at radius 1 is 1.19 bits per heavy atom. The summed E-state index contributed by atoms with van der Waals surface area (Å²) in [4.78, 5) is 16.0. The van der Waals surface area contributed by atoms with Crippen molar-refractivity contribution < 1.29 is 0 Å². The van der Waals surface area contributed by atoms with Crippen molar-refractivity contribution in [3.05, 3.63) is 34.5 Å². The lowest BCUT2D eigenvalue weighted by molar-refractivity contribution is 1.14. The van der Waals surface area contributed by atoms with Crippen LogP contribution in [0.4, 0.5) is 5.82 Å². The highest BCUT2D eigenvalue weighted by Crippen LogP contribution is 2.35. The van der Waals surface area contributed by atoms with Crippen LogP contribution in [-0.4, -0.2) is 21.5 Å². The first-order valence-corrected chi connectivity index (χ1v) is 7.86. The van der Waals surface area contributed by atoms with Gasteiger partial charge in [0, 0.05) is 29.4 Å². The molecule has 4 nitrogen and oxygen atoms in total. The van der Waals surface area contributed by atoms with Gasteiger partial charge in [0.05, 0.1) is 5.39 Å². The topological polar surface area (TPSA) is 50.7 Å². The summed E-state index contributed by atoms with van der Waals surface area (Å²) in [6.07, 6.45) is 3.63. The summed E-state index contributed by atoms with van der Waals surface area (Å²) in [6, 6.07) is 1.99. The van der Waals surface area contributed by atoms with Gasteiger partial charge in [-0.05, 0) is 44.9 Å². The Kier molecular flexibility index (Phi) is 3.59. The highest BCUT2D eigenvalue weighted by molar-refractivity contribution is 7.18. The molecule has 0 fully saturated rings. The van der Waals surface area contributed by atoms with Crippen molar-refractivity contribution in [1.82, 2.24) is 15.0 Å². The number of pyridine rings is 1. The number of nitrogens with zero attached hydrogens (tertiary/aromatic N) is 3. The van der Waals surface area contributed by atoms with Crippen LogP contribution in [0.2, 0.25) is 0 Å². The normalized spacial score (nSPS) is 11.0. The summed E-state index contributed by atoms with van der Waals surface area (Å²) in [5.74, 6) is 1.66. The average molecular weight is 298 g/mol. The second kappa shape index (κ2) is 5.41. The Hall–Kier alpha value is -2.01. The summed E-state index contributed by atoms with van der Waals surface area (Å²) < 4.78 is 0. The molecule has 0 spiro atoms. The molecule has 3 aromatic rings. The van der Waals surface area contributed by atoms with Crippen molar-refractivity contribution in [2.75, 3.05) is 11.9 Å². The molecule has 0 saturated carbocycles. The summed E-state index contributed by atoms with van der Waals surface area (Å²) in [7, 11) is 0. The van der Waals surface area contributed by atoms with Crippen LogP contribution in [-0.2, 0) is 0 Å². The van der Waals surface area contributed by atoms with Gasteiger partial charge in [0.1, 0.15) is 10.6 Å². The van der Waals surface area contributed by atoms with Gasteiger partial charge in [0.15, 0.2) is 5.82 Å². The summed E-state index contributed by atoms with van der Waals surface area (Å²) in [5, 5.41) is 4.51. The minimum atomic E-state index is 0.741. The third kappa shape index (κ3) is 2.38. The third-order valence-electron chi connectivity index (χ3n) is 3.65. The fraction of sp³-hybridized carbons (Fsp3) is 0.312. The molecule has 0 unspecified atom stereocenters. The molecule has 0 aromatic carbocycles. The summed E-state index contributed by atoms with van der Waals surface area (Å²) in [5.41, 5.74) is 3.39. The lowest BCUT2D eigenvalue weighted by Gasteiger charge is -2.09.